The number of carbonyl (C=O) groups excluding carboxylic acids is 2. The van der Waals surface area contributed by atoms with Gasteiger partial charge in [-0.15, -0.1) is 0 Å². The second kappa shape index (κ2) is 7.24. The first kappa shape index (κ1) is 16.3. The molecule has 1 amide bonds. The van der Waals surface area contributed by atoms with Crippen molar-refractivity contribution < 1.29 is 14.3 Å². The first-order chi connectivity index (χ1) is 10.5. The molecule has 1 N–H and O–H groups in total. The Morgan fingerprint density at radius 1 is 1.27 bits per heavy atom. The summed E-state index contributed by atoms with van der Waals surface area (Å²) in [5.74, 6) is -1.08. The number of pyridine rings is 1. The molecule has 5 nitrogen and oxygen atoms in total. The lowest BCUT2D eigenvalue weighted by molar-refractivity contribution is 0.0521. The normalized spacial score (nSPS) is 10.1. The summed E-state index contributed by atoms with van der Waals surface area (Å²) in [4.78, 5) is 28.0. The maximum absolute atomic E-state index is 12.3. The van der Waals surface area contributed by atoms with Gasteiger partial charge in [0.1, 0.15) is 0 Å². The zero-order valence-electron chi connectivity index (χ0n) is 11.6. The highest BCUT2D eigenvalue weighted by atomic mass is 35.5. The van der Waals surface area contributed by atoms with Crippen LogP contribution in [0.15, 0.2) is 36.5 Å². The number of nitrogens with zero attached hydrogens (tertiary/aromatic N) is 1. The van der Waals surface area contributed by atoms with E-state index >= 15 is 0 Å². The summed E-state index contributed by atoms with van der Waals surface area (Å²) in [6.07, 6.45) is 1.44. The van der Waals surface area contributed by atoms with Crippen molar-refractivity contribution in [2.24, 2.45) is 0 Å². The molecule has 0 radical (unpaired) electrons. The van der Waals surface area contributed by atoms with Crippen molar-refractivity contribution in [3.63, 3.8) is 0 Å². The molecule has 0 saturated heterocycles. The van der Waals surface area contributed by atoms with Crippen LogP contribution in [-0.2, 0) is 4.74 Å². The molecule has 0 aliphatic heterocycles. The Hall–Kier alpha value is -2.11. The van der Waals surface area contributed by atoms with Gasteiger partial charge in [-0.05, 0) is 37.3 Å². The van der Waals surface area contributed by atoms with Gasteiger partial charge >= 0.3 is 5.97 Å². The molecule has 0 bridgehead atoms. The van der Waals surface area contributed by atoms with Gasteiger partial charge in [-0.3, -0.25) is 4.79 Å². The molecule has 0 spiro atoms. The van der Waals surface area contributed by atoms with E-state index in [0.29, 0.717) is 5.02 Å². The van der Waals surface area contributed by atoms with Crippen LogP contribution in [-0.4, -0.2) is 23.5 Å². The van der Waals surface area contributed by atoms with E-state index in [1.165, 1.54) is 18.3 Å². The predicted molar refractivity (Wildman–Crippen MR) is 84.6 cm³/mol. The number of aromatic nitrogens is 1. The summed E-state index contributed by atoms with van der Waals surface area (Å²) in [5.41, 5.74) is 0.518. The average molecular weight is 339 g/mol. The third kappa shape index (κ3) is 3.75. The van der Waals surface area contributed by atoms with E-state index in [-0.39, 0.29) is 28.6 Å². The number of hydrogen-bond acceptors (Lipinski definition) is 4. The number of rotatable bonds is 4. The van der Waals surface area contributed by atoms with E-state index in [0.717, 1.165) is 0 Å². The van der Waals surface area contributed by atoms with Crippen molar-refractivity contribution in [3.8, 4) is 0 Å². The van der Waals surface area contributed by atoms with Crippen molar-refractivity contribution in [2.45, 2.75) is 6.92 Å². The molecular weight excluding hydrogens is 327 g/mol. The molecule has 0 atom stereocenters. The number of ether oxygens (including phenoxy) is 1. The van der Waals surface area contributed by atoms with Gasteiger partial charge < -0.3 is 10.1 Å². The highest BCUT2D eigenvalue weighted by Gasteiger charge is 2.17. The van der Waals surface area contributed by atoms with Crippen LogP contribution in [0.3, 0.4) is 0 Å². The van der Waals surface area contributed by atoms with Crippen LogP contribution in [0, 0.1) is 0 Å². The predicted octanol–water partition coefficient (Wildman–Crippen LogP) is 3.82. The maximum atomic E-state index is 12.3. The van der Waals surface area contributed by atoms with E-state index in [1.807, 2.05) is 0 Å². The number of hydrogen-bond donors (Lipinski definition) is 1. The molecule has 2 aromatic rings. The Morgan fingerprint density at radius 3 is 2.73 bits per heavy atom. The summed E-state index contributed by atoms with van der Waals surface area (Å²) in [7, 11) is 0. The lowest BCUT2D eigenvalue weighted by Gasteiger charge is -2.10. The Kier molecular flexibility index (Phi) is 5.35. The summed E-state index contributed by atoms with van der Waals surface area (Å²) in [6, 6.07) is 7.68. The molecule has 0 fully saturated rings. The Balaban J connectivity index is 2.27. The van der Waals surface area contributed by atoms with Crippen molar-refractivity contribution in [1.29, 1.82) is 0 Å². The van der Waals surface area contributed by atoms with Gasteiger partial charge in [0, 0.05) is 11.2 Å². The monoisotopic (exact) mass is 338 g/mol. The molecule has 0 aliphatic carbocycles. The fraction of sp³-hybridized carbons (Fsp3) is 0.133. The molecule has 22 heavy (non-hydrogen) atoms. The fourth-order valence-corrected chi connectivity index (χ4v) is 2.23. The number of benzene rings is 1. The van der Waals surface area contributed by atoms with E-state index in [9.17, 15) is 9.59 Å². The van der Waals surface area contributed by atoms with Gasteiger partial charge in [0.2, 0.25) is 0 Å². The quantitative estimate of drug-likeness (QED) is 0.860. The van der Waals surface area contributed by atoms with E-state index in [4.69, 9.17) is 27.9 Å². The zero-order valence-corrected chi connectivity index (χ0v) is 13.1. The van der Waals surface area contributed by atoms with Crippen LogP contribution in [0.5, 0.6) is 0 Å². The number of amides is 1. The third-order valence-corrected chi connectivity index (χ3v) is 3.25. The van der Waals surface area contributed by atoms with Gasteiger partial charge in [-0.1, -0.05) is 23.2 Å². The van der Waals surface area contributed by atoms with Crippen molar-refractivity contribution in [3.05, 3.63) is 57.8 Å². The summed E-state index contributed by atoms with van der Waals surface area (Å²) in [5, 5.41) is 3.24. The number of anilines is 1. The Labute approximate surface area is 137 Å². The highest BCUT2D eigenvalue weighted by molar-refractivity contribution is 6.37. The Bertz CT molecular complexity index is 720. The van der Waals surface area contributed by atoms with Gasteiger partial charge in [0.25, 0.3) is 5.91 Å². The molecular formula is C15H12Cl2N2O3. The number of halogens is 2. The Morgan fingerprint density at radius 2 is 2.05 bits per heavy atom. The smallest absolute Gasteiger partial charge is 0.359 e. The minimum Gasteiger partial charge on any atom is -0.461 e. The standard InChI is InChI=1S/C15H12Cl2N2O3/c1-2-22-15(21)13-12(4-3-7-18-13)19-14(20)10-6-5-9(16)8-11(10)17/h3-8H,2H2,1H3,(H,19,20). The van der Waals surface area contributed by atoms with Crippen LogP contribution < -0.4 is 5.32 Å². The highest BCUT2D eigenvalue weighted by Crippen LogP contribution is 2.22. The van der Waals surface area contributed by atoms with Gasteiger partial charge in [-0.2, -0.15) is 0 Å². The second-order valence-electron chi connectivity index (χ2n) is 4.20. The summed E-state index contributed by atoms with van der Waals surface area (Å²) in [6.45, 7) is 1.90. The van der Waals surface area contributed by atoms with Gasteiger partial charge in [0.15, 0.2) is 5.69 Å². The number of esters is 1. The molecule has 114 valence electrons. The van der Waals surface area contributed by atoms with Gasteiger partial charge in [0.05, 0.1) is 22.9 Å². The summed E-state index contributed by atoms with van der Waals surface area (Å²) < 4.78 is 4.90. The molecule has 0 saturated carbocycles. The van der Waals surface area contributed by atoms with Crippen LogP contribution in [0.2, 0.25) is 10.0 Å². The topological polar surface area (TPSA) is 68.3 Å². The lowest BCUT2D eigenvalue weighted by atomic mass is 10.2. The molecule has 7 heteroatoms. The van der Waals surface area contributed by atoms with E-state index < -0.39 is 11.9 Å². The largest absolute Gasteiger partial charge is 0.461 e. The lowest BCUT2D eigenvalue weighted by Crippen LogP contribution is -2.17. The average Bonchev–Trinajstić information content (AvgIpc) is 2.47. The van der Waals surface area contributed by atoms with Crippen molar-refractivity contribution >= 4 is 40.8 Å². The van der Waals surface area contributed by atoms with Crippen LogP contribution >= 0.6 is 23.2 Å². The van der Waals surface area contributed by atoms with Crippen molar-refractivity contribution in [1.82, 2.24) is 4.98 Å². The molecule has 1 aromatic heterocycles. The minimum absolute atomic E-state index is 0.0304. The minimum atomic E-state index is -0.611. The number of carbonyl (C=O) groups is 2. The first-order valence-corrected chi connectivity index (χ1v) is 7.17. The maximum Gasteiger partial charge on any atom is 0.359 e. The van der Waals surface area contributed by atoms with Gasteiger partial charge in [-0.25, -0.2) is 9.78 Å². The third-order valence-electron chi connectivity index (χ3n) is 2.70. The zero-order chi connectivity index (χ0) is 16.1. The number of nitrogens with one attached hydrogen (secondary N) is 1. The molecule has 0 unspecified atom stereocenters. The second-order valence-corrected chi connectivity index (χ2v) is 5.04. The first-order valence-electron chi connectivity index (χ1n) is 6.41. The van der Waals surface area contributed by atoms with E-state index in [1.54, 1.807) is 25.1 Å². The van der Waals surface area contributed by atoms with E-state index in [2.05, 4.69) is 10.3 Å². The molecule has 2 rings (SSSR count). The van der Waals surface area contributed by atoms with Crippen molar-refractivity contribution in [2.75, 3.05) is 11.9 Å². The molecule has 1 heterocycles. The van der Waals surface area contributed by atoms with Crippen LogP contribution in [0.1, 0.15) is 27.8 Å². The molecule has 1 aromatic carbocycles. The van der Waals surface area contributed by atoms with Crippen LogP contribution in [0.25, 0.3) is 0 Å². The van der Waals surface area contributed by atoms with Crippen LogP contribution in [0.4, 0.5) is 5.69 Å². The molecule has 0 aliphatic rings. The summed E-state index contributed by atoms with van der Waals surface area (Å²) >= 11 is 11.8. The SMILES string of the molecule is CCOC(=O)c1ncccc1NC(=O)c1ccc(Cl)cc1Cl. The fourth-order valence-electron chi connectivity index (χ4n) is 1.73.